The summed E-state index contributed by atoms with van der Waals surface area (Å²) >= 11 is 1.09. The van der Waals surface area contributed by atoms with Crippen molar-refractivity contribution in [3.63, 3.8) is 0 Å². The molecule has 0 unspecified atom stereocenters. The number of nitrogens with one attached hydrogen (secondary N) is 1. The minimum atomic E-state index is -2.95. The lowest BCUT2D eigenvalue weighted by Crippen LogP contribution is -2.22. The number of carbonyl (C=O) groups is 1. The fraction of sp³-hybridized carbons (Fsp3) is 0.438. The van der Waals surface area contributed by atoms with E-state index in [-0.39, 0.29) is 28.6 Å². The van der Waals surface area contributed by atoms with Gasteiger partial charge in [-0.2, -0.15) is 0 Å². The summed E-state index contributed by atoms with van der Waals surface area (Å²) in [7, 11) is -2.95. The van der Waals surface area contributed by atoms with Gasteiger partial charge in [-0.15, -0.1) is 10.2 Å². The Bertz CT molecular complexity index is 900. The van der Waals surface area contributed by atoms with Crippen molar-refractivity contribution >= 4 is 33.2 Å². The molecule has 0 saturated carbocycles. The molecule has 0 spiro atoms. The first kappa shape index (κ1) is 18.8. The fourth-order valence-corrected chi connectivity index (χ4v) is 5.23. The van der Waals surface area contributed by atoms with E-state index in [1.165, 1.54) is 18.2 Å². The van der Waals surface area contributed by atoms with E-state index in [1.54, 1.807) is 13.0 Å². The maximum atomic E-state index is 13.2. The van der Waals surface area contributed by atoms with Crippen molar-refractivity contribution in [3.8, 4) is 0 Å². The van der Waals surface area contributed by atoms with Crippen molar-refractivity contribution in [2.45, 2.75) is 30.2 Å². The third-order valence-corrected chi connectivity index (χ3v) is 6.75. The normalized spacial score (nSPS) is 20.0. The Labute approximate surface area is 154 Å². The third kappa shape index (κ3) is 5.04. The molecule has 1 aromatic heterocycles. The number of thioether (sulfide) groups is 1. The van der Waals surface area contributed by atoms with Crippen molar-refractivity contribution in [3.05, 3.63) is 36.0 Å². The summed E-state index contributed by atoms with van der Waals surface area (Å²) in [5.41, 5.74) is 0.371. The topological polar surface area (TPSA) is 102 Å². The largest absolute Gasteiger partial charge is 0.416 e. The Kier molecular flexibility index (Phi) is 5.61. The lowest BCUT2D eigenvalue weighted by atomic mass is 10.1. The Morgan fingerprint density at radius 3 is 2.96 bits per heavy atom. The summed E-state index contributed by atoms with van der Waals surface area (Å²) in [6, 6.07) is 5.63. The molecule has 7 nitrogen and oxygen atoms in total. The van der Waals surface area contributed by atoms with E-state index in [9.17, 15) is 17.6 Å². The highest BCUT2D eigenvalue weighted by molar-refractivity contribution is 8.00. The number of sulfone groups is 1. The van der Waals surface area contributed by atoms with Gasteiger partial charge in [-0.3, -0.25) is 4.79 Å². The molecule has 1 fully saturated rings. The Balaban J connectivity index is 1.54. The average Bonchev–Trinajstić information content (AvgIpc) is 3.13. The first-order valence-electron chi connectivity index (χ1n) is 8.06. The Morgan fingerprint density at radius 2 is 2.27 bits per heavy atom. The van der Waals surface area contributed by atoms with E-state index in [2.05, 4.69) is 15.5 Å². The van der Waals surface area contributed by atoms with Gasteiger partial charge in [-0.1, -0.05) is 17.8 Å². The van der Waals surface area contributed by atoms with Gasteiger partial charge in [0.1, 0.15) is 5.82 Å². The summed E-state index contributed by atoms with van der Waals surface area (Å²) in [5.74, 6) is -0.0465. The molecule has 1 N–H and O–H groups in total. The second-order valence-electron chi connectivity index (χ2n) is 6.19. The zero-order valence-corrected chi connectivity index (χ0v) is 15.6. The van der Waals surface area contributed by atoms with E-state index >= 15 is 0 Å². The zero-order chi connectivity index (χ0) is 18.7. The van der Waals surface area contributed by atoms with Gasteiger partial charge in [0.15, 0.2) is 9.84 Å². The third-order valence-electron chi connectivity index (χ3n) is 3.98. The molecule has 0 radical (unpaired) electrons. The van der Waals surface area contributed by atoms with Gasteiger partial charge in [0.2, 0.25) is 11.8 Å². The Morgan fingerprint density at radius 1 is 1.46 bits per heavy atom. The number of amides is 1. The number of aromatic nitrogens is 2. The number of nitrogens with zero attached hydrogens (tertiary/aromatic N) is 2. The molecule has 2 atom stereocenters. The highest BCUT2D eigenvalue weighted by Crippen LogP contribution is 2.26. The quantitative estimate of drug-likeness (QED) is 0.744. The number of carbonyl (C=O) groups excluding carboxylic acids is 1. The lowest BCUT2D eigenvalue weighted by molar-refractivity contribution is -0.115. The van der Waals surface area contributed by atoms with E-state index in [0.29, 0.717) is 24.4 Å². The number of hydrogen-bond donors (Lipinski definition) is 1. The maximum Gasteiger partial charge on any atom is 0.277 e. The molecule has 2 heterocycles. The highest BCUT2D eigenvalue weighted by Gasteiger charge is 2.29. The van der Waals surface area contributed by atoms with Crippen LogP contribution in [-0.4, -0.2) is 41.3 Å². The maximum absolute atomic E-state index is 13.2. The molecule has 10 heteroatoms. The molecule has 1 saturated heterocycles. The molecule has 1 aliphatic rings. The SMILES string of the molecule is C[C@H](Sc1nnc(C[C@@H]2CCS(=O)(=O)C2)o1)C(=O)Nc1cccc(F)c1. The van der Waals surface area contributed by atoms with Crippen molar-refractivity contribution in [1.29, 1.82) is 0 Å². The van der Waals surface area contributed by atoms with Gasteiger partial charge in [0.25, 0.3) is 5.22 Å². The average molecular weight is 399 g/mol. The molecule has 1 aromatic carbocycles. The number of hydrogen-bond acceptors (Lipinski definition) is 7. The van der Waals surface area contributed by atoms with Crippen LogP contribution in [0, 0.1) is 11.7 Å². The van der Waals surface area contributed by atoms with Gasteiger partial charge in [0, 0.05) is 12.1 Å². The summed E-state index contributed by atoms with van der Waals surface area (Å²) < 4.78 is 41.6. The molecule has 1 aliphatic heterocycles. The summed E-state index contributed by atoms with van der Waals surface area (Å²) in [6.07, 6.45) is 1.01. The van der Waals surface area contributed by atoms with E-state index in [1.807, 2.05) is 0 Å². The van der Waals surface area contributed by atoms with Crippen LogP contribution in [0.2, 0.25) is 0 Å². The minimum Gasteiger partial charge on any atom is -0.416 e. The van der Waals surface area contributed by atoms with Crippen LogP contribution in [0.15, 0.2) is 33.9 Å². The van der Waals surface area contributed by atoms with Crippen LogP contribution < -0.4 is 5.32 Å². The molecular weight excluding hydrogens is 381 g/mol. The summed E-state index contributed by atoms with van der Waals surface area (Å²) in [4.78, 5) is 12.2. The zero-order valence-electron chi connectivity index (χ0n) is 14.0. The predicted molar refractivity (Wildman–Crippen MR) is 95.1 cm³/mol. The van der Waals surface area contributed by atoms with Crippen LogP contribution in [0.25, 0.3) is 0 Å². The second-order valence-corrected chi connectivity index (χ2v) is 9.72. The molecule has 0 aliphatic carbocycles. The van der Waals surface area contributed by atoms with Crippen LogP contribution in [0.1, 0.15) is 19.2 Å². The molecule has 0 bridgehead atoms. The monoisotopic (exact) mass is 399 g/mol. The van der Waals surface area contributed by atoms with Crippen LogP contribution in [0.4, 0.5) is 10.1 Å². The summed E-state index contributed by atoms with van der Waals surface area (Å²) in [5, 5.41) is 10.1. The second kappa shape index (κ2) is 7.75. The first-order chi connectivity index (χ1) is 12.3. The van der Waals surface area contributed by atoms with Crippen LogP contribution in [0.5, 0.6) is 0 Å². The summed E-state index contributed by atoms with van der Waals surface area (Å²) in [6.45, 7) is 1.67. The van der Waals surface area contributed by atoms with Crippen molar-refractivity contribution in [2.24, 2.45) is 5.92 Å². The fourth-order valence-electron chi connectivity index (χ4n) is 2.66. The highest BCUT2D eigenvalue weighted by atomic mass is 32.2. The first-order valence-corrected chi connectivity index (χ1v) is 10.8. The smallest absolute Gasteiger partial charge is 0.277 e. The van der Waals surface area contributed by atoms with Gasteiger partial charge >= 0.3 is 0 Å². The van der Waals surface area contributed by atoms with Gasteiger partial charge in [-0.05, 0) is 37.5 Å². The van der Waals surface area contributed by atoms with Crippen molar-refractivity contribution in [1.82, 2.24) is 10.2 Å². The molecule has 140 valence electrons. The molecule has 3 rings (SSSR count). The number of benzene rings is 1. The van der Waals surface area contributed by atoms with Crippen LogP contribution in [0.3, 0.4) is 0 Å². The molecular formula is C16H18FN3O4S2. The number of halogens is 1. The van der Waals surface area contributed by atoms with Gasteiger partial charge < -0.3 is 9.73 Å². The molecule has 26 heavy (non-hydrogen) atoms. The van der Waals surface area contributed by atoms with Crippen LogP contribution in [-0.2, 0) is 21.1 Å². The number of anilines is 1. The van der Waals surface area contributed by atoms with Gasteiger partial charge in [0.05, 0.1) is 16.8 Å². The lowest BCUT2D eigenvalue weighted by Gasteiger charge is -2.09. The molecule has 1 amide bonds. The van der Waals surface area contributed by atoms with E-state index < -0.39 is 20.9 Å². The van der Waals surface area contributed by atoms with Gasteiger partial charge in [-0.25, -0.2) is 12.8 Å². The Hall–Kier alpha value is -1.94. The molecule has 2 aromatic rings. The standard InChI is InChI=1S/C16H18FN3O4S2/c1-10(15(21)18-13-4-2-3-12(17)8-13)25-16-20-19-14(24-16)7-11-5-6-26(22,23)9-11/h2-4,8,10-11H,5-7,9H2,1H3,(H,18,21)/t10-,11-/m0/s1. The van der Waals surface area contributed by atoms with Crippen molar-refractivity contribution < 1.29 is 22.0 Å². The minimum absolute atomic E-state index is 0.00741. The van der Waals surface area contributed by atoms with Crippen molar-refractivity contribution in [2.75, 3.05) is 16.8 Å². The van der Waals surface area contributed by atoms with E-state index in [0.717, 1.165) is 11.8 Å². The number of rotatable bonds is 6. The predicted octanol–water partition coefficient (Wildman–Crippen LogP) is 2.31. The van der Waals surface area contributed by atoms with E-state index in [4.69, 9.17) is 4.42 Å². The van der Waals surface area contributed by atoms with Crippen LogP contribution >= 0.6 is 11.8 Å².